The maximum atomic E-state index is 13.4. The molecule has 0 atom stereocenters. The molecule has 1 aliphatic rings. The number of pyridine rings is 1. The zero-order valence-electron chi connectivity index (χ0n) is 16.4. The molecular weight excluding hydrogens is 381 g/mol. The van der Waals surface area contributed by atoms with E-state index >= 15 is 0 Å². The van der Waals surface area contributed by atoms with Crippen LogP contribution in [0.5, 0.6) is 0 Å². The number of nitrogens with zero attached hydrogens (tertiary/aromatic N) is 6. The second-order valence-electron chi connectivity index (χ2n) is 7.42. The van der Waals surface area contributed by atoms with E-state index in [0.29, 0.717) is 5.69 Å². The van der Waals surface area contributed by atoms with Gasteiger partial charge in [-0.05, 0) is 42.5 Å². The van der Waals surface area contributed by atoms with Crippen LogP contribution in [0.4, 0.5) is 16.0 Å². The van der Waals surface area contributed by atoms with Gasteiger partial charge in [0.2, 0.25) is 5.95 Å². The van der Waals surface area contributed by atoms with Crippen LogP contribution in [-0.2, 0) is 6.54 Å². The van der Waals surface area contributed by atoms with E-state index in [1.165, 1.54) is 12.1 Å². The van der Waals surface area contributed by atoms with Gasteiger partial charge in [-0.25, -0.2) is 19.3 Å². The van der Waals surface area contributed by atoms with Gasteiger partial charge in [-0.3, -0.25) is 4.90 Å². The van der Waals surface area contributed by atoms with Crippen molar-refractivity contribution in [3.8, 4) is 11.3 Å². The van der Waals surface area contributed by atoms with E-state index in [2.05, 4.69) is 19.8 Å². The van der Waals surface area contributed by atoms with Crippen LogP contribution in [0.2, 0.25) is 0 Å². The van der Waals surface area contributed by atoms with Gasteiger partial charge >= 0.3 is 0 Å². The van der Waals surface area contributed by atoms with Crippen LogP contribution < -0.4 is 10.6 Å². The van der Waals surface area contributed by atoms with Gasteiger partial charge in [0.1, 0.15) is 11.5 Å². The Kier molecular flexibility index (Phi) is 4.76. The molecule has 30 heavy (non-hydrogen) atoms. The summed E-state index contributed by atoms with van der Waals surface area (Å²) >= 11 is 0. The Labute approximate surface area is 173 Å². The molecule has 2 N–H and O–H groups in total. The fourth-order valence-corrected chi connectivity index (χ4v) is 3.87. The number of nitrogens with two attached hydrogens (primary N) is 1. The van der Waals surface area contributed by atoms with E-state index in [1.54, 1.807) is 24.5 Å². The van der Waals surface area contributed by atoms with Gasteiger partial charge in [0.15, 0.2) is 0 Å². The number of hydrogen-bond acceptors (Lipinski definition) is 6. The molecule has 152 valence electrons. The van der Waals surface area contributed by atoms with E-state index < -0.39 is 0 Å². The molecule has 0 amide bonds. The van der Waals surface area contributed by atoms with Crippen LogP contribution in [0.3, 0.4) is 0 Å². The minimum Gasteiger partial charge on any atom is -0.398 e. The number of fused-ring (bicyclic) bond motifs is 1. The lowest BCUT2D eigenvalue weighted by Gasteiger charge is -2.34. The van der Waals surface area contributed by atoms with Crippen molar-refractivity contribution in [2.45, 2.75) is 6.54 Å². The van der Waals surface area contributed by atoms with E-state index in [1.807, 2.05) is 28.8 Å². The van der Waals surface area contributed by atoms with Crippen molar-refractivity contribution in [1.82, 2.24) is 24.3 Å². The molecule has 0 unspecified atom stereocenters. The Bertz CT molecular complexity index is 1150. The SMILES string of the molecule is Nc1ccc2nc(-c3ccc(F)cc3)c(CN3CCN(c4ncccn4)CC3)n2c1. The minimum atomic E-state index is -0.257. The molecule has 7 nitrogen and oxygen atoms in total. The van der Waals surface area contributed by atoms with E-state index in [0.717, 1.165) is 61.3 Å². The zero-order chi connectivity index (χ0) is 20.5. The Morgan fingerprint density at radius 2 is 1.67 bits per heavy atom. The number of piperazine rings is 1. The Balaban J connectivity index is 1.43. The summed E-state index contributed by atoms with van der Waals surface area (Å²) in [5.74, 6) is 0.513. The van der Waals surface area contributed by atoms with Crippen molar-refractivity contribution < 1.29 is 4.39 Å². The molecular formula is C22H22FN7. The molecule has 1 aromatic carbocycles. The second kappa shape index (κ2) is 7.72. The molecule has 5 rings (SSSR count). The topological polar surface area (TPSA) is 75.6 Å². The molecule has 0 saturated carbocycles. The smallest absolute Gasteiger partial charge is 0.225 e. The van der Waals surface area contributed by atoms with Crippen LogP contribution in [0.1, 0.15) is 5.69 Å². The molecule has 4 aromatic rings. The average molecular weight is 403 g/mol. The predicted molar refractivity (Wildman–Crippen MR) is 115 cm³/mol. The molecule has 3 aromatic heterocycles. The van der Waals surface area contributed by atoms with Crippen LogP contribution >= 0.6 is 0 Å². The van der Waals surface area contributed by atoms with Gasteiger partial charge < -0.3 is 15.0 Å². The third-order valence-corrected chi connectivity index (χ3v) is 5.44. The third kappa shape index (κ3) is 3.57. The Hall–Kier alpha value is -3.52. The van der Waals surface area contributed by atoms with Crippen LogP contribution in [0.25, 0.3) is 16.9 Å². The number of imidazole rings is 1. The normalized spacial score (nSPS) is 15.0. The van der Waals surface area contributed by atoms with Gasteiger partial charge in [-0.1, -0.05) is 0 Å². The molecule has 8 heteroatoms. The number of rotatable bonds is 4. The summed E-state index contributed by atoms with van der Waals surface area (Å²) in [5.41, 5.74) is 10.3. The van der Waals surface area contributed by atoms with Crippen LogP contribution in [0, 0.1) is 5.82 Å². The summed E-state index contributed by atoms with van der Waals surface area (Å²) in [6.45, 7) is 4.21. The summed E-state index contributed by atoms with van der Waals surface area (Å²) in [7, 11) is 0. The lowest BCUT2D eigenvalue weighted by molar-refractivity contribution is 0.245. The highest BCUT2D eigenvalue weighted by Gasteiger charge is 2.22. The first-order valence-electron chi connectivity index (χ1n) is 9.94. The standard InChI is InChI=1S/C22H22FN7/c23-17-4-2-16(3-5-17)21-19(30-14-18(24)6-7-20(30)27-21)15-28-10-12-29(13-11-28)22-25-8-1-9-26-22/h1-9,14H,10-13,15,24H2. The largest absolute Gasteiger partial charge is 0.398 e. The Morgan fingerprint density at radius 3 is 2.40 bits per heavy atom. The number of hydrogen-bond donors (Lipinski definition) is 1. The predicted octanol–water partition coefficient (Wildman–Crippen LogP) is 2.83. The first-order valence-corrected chi connectivity index (χ1v) is 9.94. The number of anilines is 2. The molecule has 1 saturated heterocycles. The highest BCUT2D eigenvalue weighted by atomic mass is 19.1. The van der Waals surface area contributed by atoms with Gasteiger partial charge in [-0.15, -0.1) is 0 Å². The maximum absolute atomic E-state index is 13.4. The minimum absolute atomic E-state index is 0.257. The van der Waals surface area contributed by atoms with Crippen LogP contribution in [0.15, 0.2) is 61.1 Å². The molecule has 0 bridgehead atoms. The van der Waals surface area contributed by atoms with E-state index in [9.17, 15) is 4.39 Å². The van der Waals surface area contributed by atoms with Gasteiger partial charge in [0.05, 0.1) is 11.4 Å². The lowest BCUT2D eigenvalue weighted by Crippen LogP contribution is -2.46. The highest BCUT2D eigenvalue weighted by Crippen LogP contribution is 2.27. The zero-order valence-corrected chi connectivity index (χ0v) is 16.4. The first kappa shape index (κ1) is 18.5. The van der Waals surface area contributed by atoms with Gasteiger partial charge in [0, 0.05) is 62.6 Å². The Morgan fingerprint density at radius 1 is 0.933 bits per heavy atom. The van der Waals surface area contributed by atoms with Crippen LogP contribution in [-0.4, -0.2) is 50.4 Å². The quantitative estimate of drug-likeness (QED) is 0.565. The van der Waals surface area contributed by atoms with Crippen molar-refractivity contribution >= 4 is 17.3 Å². The number of aromatic nitrogens is 4. The van der Waals surface area contributed by atoms with Gasteiger partial charge in [-0.2, -0.15) is 0 Å². The number of nitrogen functional groups attached to an aromatic ring is 1. The summed E-state index contributed by atoms with van der Waals surface area (Å²) in [5, 5.41) is 0. The van der Waals surface area contributed by atoms with Crippen molar-refractivity contribution in [2.24, 2.45) is 0 Å². The third-order valence-electron chi connectivity index (χ3n) is 5.44. The summed E-state index contributed by atoms with van der Waals surface area (Å²) in [4.78, 5) is 18.1. The van der Waals surface area contributed by atoms with Crippen molar-refractivity contribution in [3.63, 3.8) is 0 Å². The fraction of sp³-hybridized carbons (Fsp3) is 0.227. The summed E-state index contributed by atoms with van der Waals surface area (Å²) < 4.78 is 15.5. The highest BCUT2D eigenvalue weighted by molar-refractivity contribution is 5.67. The van der Waals surface area contributed by atoms with Crippen molar-refractivity contribution in [1.29, 1.82) is 0 Å². The molecule has 4 heterocycles. The monoisotopic (exact) mass is 403 g/mol. The second-order valence-corrected chi connectivity index (χ2v) is 7.42. The maximum Gasteiger partial charge on any atom is 0.225 e. The van der Waals surface area contributed by atoms with Gasteiger partial charge in [0.25, 0.3) is 0 Å². The summed E-state index contributed by atoms with van der Waals surface area (Å²) in [6.07, 6.45) is 5.44. The molecule has 0 aliphatic carbocycles. The van der Waals surface area contributed by atoms with Crippen molar-refractivity contribution in [3.05, 3.63) is 72.6 Å². The molecule has 0 spiro atoms. The summed E-state index contributed by atoms with van der Waals surface area (Å²) in [6, 6.07) is 12.1. The molecule has 0 radical (unpaired) electrons. The number of benzene rings is 1. The first-order chi connectivity index (χ1) is 14.7. The lowest BCUT2D eigenvalue weighted by atomic mass is 10.1. The van der Waals surface area contributed by atoms with E-state index in [-0.39, 0.29) is 5.82 Å². The fourth-order valence-electron chi connectivity index (χ4n) is 3.87. The molecule has 1 aliphatic heterocycles. The number of halogens is 1. The van der Waals surface area contributed by atoms with E-state index in [4.69, 9.17) is 10.7 Å². The molecule has 1 fully saturated rings. The average Bonchev–Trinajstić information content (AvgIpc) is 3.13. The van der Waals surface area contributed by atoms with Crippen molar-refractivity contribution in [2.75, 3.05) is 36.8 Å².